The van der Waals surface area contributed by atoms with Gasteiger partial charge in [0, 0.05) is 11.8 Å². The Hall–Kier alpha value is -1.38. The number of fused-ring (bicyclic) bond motifs is 2. The zero-order valence-corrected chi connectivity index (χ0v) is 12.1. The quantitative estimate of drug-likeness (QED) is 0.588. The van der Waals surface area contributed by atoms with Crippen LogP contribution in [-0.4, -0.2) is 40.0 Å². The van der Waals surface area contributed by atoms with Gasteiger partial charge in [-0.15, -0.1) is 0 Å². The molecule has 106 valence electrons. The minimum absolute atomic E-state index is 0.0644. The van der Waals surface area contributed by atoms with Crippen molar-refractivity contribution in [2.24, 2.45) is 0 Å². The molecule has 0 amide bonds. The van der Waals surface area contributed by atoms with Crippen LogP contribution in [0.15, 0.2) is 18.2 Å². The van der Waals surface area contributed by atoms with E-state index in [0.717, 1.165) is 5.69 Å². The van der Waals surface area contributed by atoms with Crippen LogP contribution in [0.4, 0.5) is 5.69 Å². The molecule has 0 bridgehead atoms. The van der Waals surface area contributed by atoms with E-state index in [1.807, 2.05) is 23.1 Å². The molecular formula is C12H13N2O4S2+. The maximum Gasteiger partial charge on any atom is 0.231 e. The lowest BCUT2D eigenvalue weighted by molar-refractivity contribution is 0.174. The second-order valence-corrected chi connectivity index (χ2v) is 7.74. The first kappa shape index (κ1) is 12.4. The Kier molecular flexibility index (Phi) is 2.51. The molecule has 2 saturated heterocycles. The van der Waals surface area contributed by atoms with E-state index < -0.39 is 10.2 Å². The SMILES string of the molecule is O=[S+]1(O)C[C@@H]2NC(=S)N(c3ccc4c(c3)OCO4)[C@H]2C1. The van der Waals surface area contributed by atoms with Gasteiger partial charge in [-0.3, -0.25) is 0 Å². The van der Waals surface area contributed by atoms with Gasteiger partial charge in [-0.25, -0.2) is 0 Å². The molecule has 1 aromatic rings. The number of ether oxygens (including phenoxy) is 2. The van der Waals surface area contributed by atoms with Gasteiger partial charge in [0.05, 0.1) is 0 Å². The molecule has 0 radical (unpaired) electrons. The molecule has 1 aromatic carbocycles. The Labute approximate surface area is 122 Å². The number of hydrogen-bond donors (Lipinski definition) is 2. The first-order chi connectivity index (χ1) is 9.53. The van der Waals surface area contributed by atoms with E-state index in [1.54, 1.807) is 0 Å². The lowest BCUT2D eigenvalue weighted by Crippen LogP contribution is -2.37. The summed E-state index contributed by atoms with van der Waals surface area (Å²) in [5.41, 5.74) is 0.858. The zero-order valence-electron chi connectivity index (χ0n) is 10.4. The standard InChI is InChI=1S/C12H12N2O4S2/c15-20(16)4-8-9(5-20)14(12(19)13-8)7-1-2-10-11(3-7)18-6-17-10/h1-3,8-9H,4-6H2,(H-,13,15,16,19)/p+1/t8-,9-/m0/s1. The highest BCUT2D eigenvalue weighted by Gasteiger charge is 2.54. The molecule has 3 aliphatic rings. The van der Waals surface area contributed by atoms with Crippen LogP contribution < -0.4 is 19.7 Å². The Bertz CT molecular complexity index is 650. The molecule has 2 fully saturated rings. The maximum atomic E-state index is 11.9. The van der Waals surface area contributed by atoms with Gasteiger partial charge in [0.1, 0.15) is 12.1 Å². The van der Waals surface area contributed by atoms with E-state index in [0.29, 0.717) is 16.6 Å². The summed E-state index contributed by atoms with van der Waals surface area (Å²) < 4.78 is 32.3. The van der Waals surface area contributed by atoms with E-state index in [9.17, 15) is 8.76 Å². The summed E-state index contributed by atoms with van der Waals surface area (Å²) in [6.07, 6.45) is 0. The van der Waals surface area contributed by atoms with Crippen molar-refractivity contribution in [1.29, 1.82) is 0 Å². The summed E-state index contributed by atoms with van der Waals surface area (Å²) in [7, 11) is -2.75. The van der Waals surface area contributed by atoms with E-state index in [1.165, 1.54) is 0 Å². The molecule has 0 spiro atoms. The molecule has 4 rings (SSSR count). The van der Waals surface area contributed by atoms with Crippen molar-refractivity contribution < 1.29 is 18.2 Å². The molecule has 0 aliphatic carbocycles. The monoisotopic (exact) mass is 313 g/mol. The summed E-state index contributed by atoms with van der Waals surface area (Å²) >= 11 is 5.35. The maximum absolute atomic E-state index is 11.9. The van der Waals surface area contributed by atoms with Gasteiger partial charge in [-0.2, -0.15) is 4.55 Å². The number of hydrogen-bond acceptors (Lipinski definition) is 4. The highest BCUT2D eigenvalue weighted by molar-refractivity contribution is 7.98. The van der Waals surface area contributed by atoms with E-state index in [2.05, 4.69) is 5.32 Å². The van der Waals surface area contributed by atoms with Crippen molar-refractivity contribution in [3.63, 3.8) is 0 Å². The van der Waals surface area contributed by atoms with Crippen LogP contribution in [0, 0.1) is 0 Å². The van der Waals surface area contributed by atoms with E-state index in [-0.39, 0.29) is 30.4 Å². The van der Waals surface area contributed by atoms with Crippen molar-refractivity contribution in [2.75, 3.05) is 23.2 Å². The second-order valence-electron chi connectivity index (χ2n) is 5.14. The van der Waals surface area contributed by atoms with Gasteiger partial charge in [-0.05, 0) is 24.4 Å². The molecule has 3 aliphatic heterocycles. The highest BCUT2D eigenvalue weighted by Crippen LogP contribution is 2.38. The molecule has 6 nitrogen and oxygen atoms in total. The third-order valence-corrected chi connectivity index (χ3v) is 5.89. The molecule has 1 unspecified atom stereocenters. The van der Waals surface area contributed by atoms with Gasteiger partial charge < -0.3 is 19.7 Å². The van der Waals surface area contributed by atoms with Gasteiger partial charge >= 0.3 is 0 Å². The molecule has 8 heteroatoms. The normalized spacial score (nSPS) is 34.2. The number of nitrogens with zero attached hydrogens (tertiary/aromatic N) is 1. The van der Waals surface area contributed by atoms with E-state index in [4.69, 9.17) is 21.7 Å². The fourth-order valence-corrected chi connectivity index (χ4v) is 5.27. The van der Waals surface area contributed by atoms with Gasteiger partial charge in [0.25, 0.3) is 0 Å². The summed E-state index contributed by atoms with van der Waals surface area (Å²) in [5.74, 6) is 1.87. The van der Waals surface area contributed by atoms with Crippen LogP contribution in [0.1, 0.15) is 0 Å². The fraction of sp³-hybridized carbons (Fsp3) is 0.417. The largest absolute Gasteiger partial charge is 0.454 e. The van der Waals surface area contributed by atoms with Crippen LogP contribution in [0.2, 0.25) is 0 Å². The van der Waals surface area contributed by atoms with Crippen molar-refractivity contribution >= 4 is 33.2 Å². The first-order valence-electron chi connectivity index (χ1n) is 6.25. The van der Waals surface area contributed by atoms with Crippen molar-refractivity contribution in [1.82, 2.24) is 5.32 Å². The lowest BCUT2D eigenvalue weighted by atomic mass is 10.1. The first-order valence-corrected chi connectivity index (χ1v) is 8.51. The Morgan fingerprint density at radius 1 is 1.35 bits per heavy atom. The van der Waals surface area contributed by atoms with Crippen LogP contribution >= 0.6 is 12.2 Å². The van der Waals surface area contributed by atoms with Crippen molar-refractivity contribution in [3.8, 4) is 11.5 Å². The lowest BCUT2D eigenvalue weighted by Gasteiger charge is -2.22. The van der Waals surface area contributed by atoms with Gasteiger partial charge in [-0.1, -0.05) is 4.21 Å². The number of anilines is 1. The Balaban J connectivity index is 1.70. The van der Waals surface area contributed by atoms with Crippen LogP contribution in [0.3, 0.4) is 0 Å². The molecule has 20 heavy (non-hydrogen) atoms. The number of nitrogens with one attached hydrogen (secondary N) is 1. The summed E-state index contributed by atoms with van der Waals surface area (Å²) in [6, 6.07) is 5.43. The number of rotatable bonds is 1. The summed E-state index contributed by atoms with van der Waals surface area (Å²) in [4.78, 5) is 1.91. The molecule has 0 aromatic heterocycles. The fourth-order valence-electron chi connectivity index (χ4n) is 2.96. The second kappa shape index (κ2) is 4.06. The minimum Gasteiger partial charge on any atom is -0.454 e. The minimum atomic E-state index is -2.75. The summed E-state index contributed by atoms with van der Waals surface area (Å²) in [5, 5.41) is 3.73. The van der Waals surface area contributed by atoms with E-state index >= 15 is 0 Å². The zero-order chi connectivity index (χ0) is 13.9. The van der Waals surface area contributed by atoms with Crippen LogP contribution in [0.25, 0.3) is 0 Å². The Morgan fingerprint density at radius 3 is 3.00 bits per heavy atom. The van der Waals surface area contributed by atoms with Crippen molar-refractivity contribution in [2.45, 2.75) is 12.1 Å². The predicted molar refractivity (Wildman–Crippen MR) is 78.8 cm³/mol. The van der Waals surface area contributed by atoms with Crippen LogP contribution in [0.5, 0.6) is 11.5 Å². The third-order valence-electron chi connectivity index (χ3n) is 3.83. The highest BCUT2D eigenvalue weighted by atomic mass is 32.3. The third kappa shape index (κ3) is 1.79. The predicted octanol–water partition coefficient (Wildman–Crippen LogP) is 0.833. The topological polar surface area (TPSA) is 71.0 Å². The van der Waals surface area contributed by atoms with Crippen LogP contribution in [-0.2, 0) is 14.4 Å². The summed E-state index contributed by atoms with van der Waals surface area (Å²) in [6.45, 7) is 0.220. The number of thiocarbonyl (C=S) groups is 1. The molecule has 2 N–H and O–H groups in total. The Morgan fingerprint density at radius 2 is 2.15 bits per heavy atom. The smallest absolute Gasteiger partial charge is 0.231 e. The van der Waals surface area contributed by atoms with Gasteiger partial charge in [0.2, 0.25) is 17.0 Å². The molecule has 3 atom stereocenters. The average molecular weight is 313 g/mol. The van der Waals surface area contributed by atoms with Crippen molar-refractivity contribution in [3.05, 3.63) is 18.2 Å². The molecule has 0 saturated carbocycles. The van der Waals surface area contributed by atoms with Gasteiger partial charge in [0.15, 0.2) is 28.1 Å². The molecular weight excluding hydrogens is 300 g/mol. The molecule has 3 heterocycles. The number of benzene rings is 1. The average Bonchev–Trinajstić information content (AvgIpc) is 3.00.